The summed E-state index contributed by atoms with van der Waals surface area (Å²) < 4.78 is 0. The van der Waals surface area contributed by atoms with E-state index in [0.717, 1.165) is 6.92 Å². The van der Waals surface area contributed by atoms with Gasteiger partial charge in [-0.2, -0.15) is 5.48 Å². The summed E-state index contributed by atoms with van der Waals surface area (Å²) in [5.74, 6) is -0.833. The maximum absolute atomic E-state index is 9.87. The highest BCUT2D eigenvalue weighted by Gasteiger charge is 2.18. The number of aliphatic carboxylic acids is 1. The quantitative estimate of drug-likeness (QED) is 0.442. The first kappa shape index (κ1) is 14.4. The predicted octanol–water partition coefficient (Wildman–Crippen LogP) is 0.793. The van der Waals surface area contributed by atoms with E-state index in [1.54, 1.807) is 20.8 Å². The summed E-state index contributed by atoms with van der Waals surface area (Å²) >= 11 is 0. The fourth-order valence-electron chi connectivity index (χ4n) is 0.195. The average molecular weight is 191 g/mol. The van der Waals surface area contributed by atoms with Crippen molar-refractivity contribution in [2.45, 2.75) is 33.2 Å². The molecule has 0 bridgehead atoms. The highest BCUT2D eigenvalue weighted by molar-refractivity contribution is 5.90. The van der Waals surface area contributed by atoms with Crippen LogP contribution in [-0.2, 0) is 4.79 Å². The molecular formula is C7H15N2O4-. The van der Waals surface area contributed by atoms with Gasteiger partial charge in [-0.05, 0) is 20.8 Å². The normalized spacial score (nSPS) is 11.6. The number of carboxylic acid groups (broad SMARTS) is 1. The maximum Gasteiger partial charge on any atom is 0.300 e. The number of hydrogen-bond donors (Lipinski definition) is 3. The van der Waals surface area contributed by atoms with Gasteiger partial charge in [-0.25, -0.2) is 0 Å². The molecule has 0 aliphatic heterocycles. The molecule has 0 saturated carbocycles. The molecule has 78 valence electrons. The Hall–Kier alpha value is -1.14. The Morgan fingerprint density at radius 1 is 1.46 bits per heavy atom. The van der Waals surface area contributed by atoms with Crippen LogP contribution in [0.15, 0.2) is 5.16 Å². The van der Waals surface area contributed by atoms with E-state index >= 15 is 0 Å². The molecule has 0 aliphatic carbocycles. The SMILES string of the molecule is C/C(=N\[O-])C(C)(C)NO.CC(=O)O. The van der Waals surface area contributed by atoms with Gasteiger partial charge in [0.05, 0.1) is 5.54 Å². The lowest BCUT2D eigenvalue weighted by molar-refractivity contribution is -0.134. The van der Waals surface area contributed by atoms with Gasteiger partial charge in [0.15, 0.2) is 0 Å². The zero-order valence-corrected chi connectivity index (χ0v) is 8.16. The summed E-state index contributed by atoms with van der Waals surface area (Å²) in [5.41, 5.74) is 1.58. The number of nitrogens with one attached hydrogen (secondary N) is 1. The third-order valence-corrected chi connectivity index (χ3v) is 1.32. The first-order valence-electron chi connectivity index (χ1n) is 3.56. The van der Waals surface area contributed by atoms with Gasteiger partial charge in [0, 0.05) is 12.6 Å². The Balaban J connectivity index is 0. The highest BCUT2D eigenvalue weighted by atomic mass is 16.5. The van der Waals surface area contributed by atoms with Gasteiger partial charge < -0.3 is 20.7 Å². The van der Waals surface area contributed by atoms with Crippen LogP contribution >= 0.6 is 0 Å². The van der Waals surface area contributed by atoms with E-state index in [1.165, 1.54) is 0 Å². The van der Waals surface area contributed by atoms with Crippen LogP contribution in [0.25, 0.3) is 0 Å². The Kier molecular flexibility index (Phi) is 7.07. The number of rotatable bonds is 2. The minimum atomic E-state index is -0.833. The molecule has 0 heterocycles. The van der Waals surface area contributed by atoms with Crippen molar-refractivity contribution >= 4 is 11.7 Å². The standard InChI is InChI=1S/C5H12N2O2.C2H4O2/c1-4(6-8)5(2,3)7-9;1-2(3)4/h7-9H,1-3H3;1H3,(H,3,4)/p-1/b6-4+;. The highest BCUT2D eigenvalue weighted by Crippen LogP contribution is 2.02. The number of hydrogen-bond acceptors (Lipinski definition) is 5. The largest absolute Gasteiger partial charge is 0.792 e. The molecule has 0 unspecified atom stereocenters. The van der Waals surface area contributed by atoms with Gasteiger partial charge in [0.1, 0.15) is 0 Å². The maximum atomic E-state index is 9.87. The van der Waals surface area contributed by atoms with Crippen molar-refractivity contribution in [3.63, 3.8) is 0 Å². The average Bonchev–Trinajstić information content (AvgIpc) is 2.02. The topological polar surface area (TPSA) is 105 Å². The molecule has 3 N–H and O–H groups in total. The van der Waals surface area contributed by atoms with Crippen LogP contribution in [-0.4, -0.2) is 27.5 Å². The fourth-order valence-corrected chi connectivity index (χ4v) is 0.195. The third-order valence-electron chi connectivity index (χ3n) is 1.32. The molecule has 0 spiro atoms. The molecule has 0 rings (SSSR count). The van der Waals surface area contributed by atoms with E-state index in [0.29, 0.717) is 5.71 Å². The third kappa shape index (κ3) is 8.77. The van der Waals surface area contributed by atoms with Crippen molar-refractivity contribution in [2.24, 2.45) is 5.16 Å². The van der Waals surface area contributed by atoms with E-state index in [-0.39, 0.29) is 0 Å². The van der Waals surface area contributed by atoms with Crippen molar-refractivity contribution in [1.29, 1.82) is 0 Å². The van der Waals surface area contributed by atoms with Crippen molar-refractivity contribution in [3.8, 4) is 0 Å². The summed E-state index contributed by atoms with van der Waals surface area (Å²) in [6.07, 6.45) is 0. The molecule has 0 fully saturated rings. The second-order valence-electron chi connectivity index (χ2n) is 2.93. The summed E-state index contributed by atoms with van der Waals surface area (Å²) in [7, 11) is 0. The molecule has 0 aromatic carbocycles. The Labute approximate surface area is 76.8 Å². The zero-order chi connectivity index (χ0) is 11.1. The van der Waals surface area contributed by atoms with E-state index in [2.05, 4.69) is 5.16 Å². The number of hydroxylamine groups is 1. The van der Waals surface area contributed by atoms with Crippen LogP contribution < -0.4 is 5.48 Å². The van der Waals surface area contributed by atoms with Gasteiger partial charge in [0.2, 0.25) is 0 Å². The molecule has 0 aromatic heterocycles. The van der Waals surface area contributed by atoms with E-state index in [9.17, 15) is 5.21 Å². The van der Waals surface area contributed by atoms with Gasteiger partial charge >= 0.3 is 0 Å². The number of carboxylic acids is 1. The number of nitrogens with zero attached hydrogens (tertiary/aromatic N) is 1. The van der Waals surface area contributed by atoms with Gasteiger partial charge in [-0.1, -0.05) is 0 Å². The molecular weight excluding hydrogens is 176 g/mol. The molecule has 0 aromatic rings. The summed E-state index contributed by atoms with van der Waals surface area (Å²) in [6.45, 7) is 5.95. The summed E-state index contributed by atoms with van der Waals surface area (Å²) in [6, 6.07) is 0. The van der Waals surface area contributed by atoms with E-state index < -0.39 is 11.5 Å². The predicted molar refractivity (Wildman–Crippen MR) is 48.8 cm³/mol. The van der Waals surface area contributed by atoms with Gasteiger partial charge in [-0.3, -0.25) is 4.79 Å². The first-order chi connectivity index (χ1) is 5.77. The summed E-state index contributed by atoms with van der Waals surface area (Å²) in [4.78, 5) is 9.00. The summed E-state index contributed by atoms with van der Waals surface area (Å²) in [5, 5.41) is 28.4. The molecule has 0 atom stereocenters. The van der Waals surface area contributed by atoms with Crippen LogP contribution in [0.4, 0.5) is 0 Å². The monoisotopic (exact) mass is 191 g/mol. The van der Waals surface area contributed by atoms with Crippen molar-refractivity contribution in [2.75, 3.05) is 0 Å². The van der Waals surface area contributed by atoms with Crippen LogP contribution in [0.3, 0.4) is 0 Å². The lowest BCUT2D eigenvalue weighted by Gasteiger charge is -2.23. The van der Waals surface area contributed by atoms with Crippen molar-refractivity contribution < 1.29 is 15.1 Å². The number of carbonyl (C=O) groups is 1. The molecule has 6 heteroatoms. The molecule has 0 radical (unpaired) electrons. The molecule has 6 nitrogen and oxygen atoms in total. The van der Waals surface area contributed by atoms with Crippen molar-refractivity contribution in [1.82, 2.24) is 5.48 Å². The second-order valence-corrected chi connectivity index (χ2v) is 2.93. The Morgan fingerprint density at radius 3 is 1.85 bits per heavy atom. The first-order valence-corrected chi connectivity index (χ1v) is 3.56. The Morgan fingerprint density at radius 2 is 1.77 bits per heavy atom. The van der Waals surface area contributed by atoms with Crippen LogP contribution in [0.1, 0.15) is 27.7 Å². The van der Waals surface area contributed by atoms with Crippen LogP contribution in [0, 0.1) is 5.21 Å². The molecule has 0 aliphatic rings. The second kappa shape index (κ2) is 6.38. The van der Waals surface area contributed by atoms with Gasteiger partial charge in [0.25, 0.3) is 5.97 Å². The van der Waals surface area contributed by atoms with E-state index in [4.69, 9.17) is 15.1 Å². The lowest BCUT2D eigenvalue weighted by Crippen LogP contribution is -2.43. The van der Waals surface area contributed by atoms with E-state index in [1.807, 2.05) is 5.48 Å². The molecule has 0 saturated heterocycles. The Bertz CT molecular complexity index is 185. The lowest BCUT2D eigenvalue weighted by atomic mass is 10.0. The fraction of sp³-hybridized carbons (Fsp3) is 0.714. The molecule has 0 amide bonds. The minimum absolute atomic E-state index is 0.324. The van der Waals surface area contributed by atoms with Crippen LogP contribution in [0.5, 0.6) is 0 Å². The molecule has 13 heavy (non-hydrogen) atoms. The van der Waals surface area contributed by atoms with Crippen molar-refractivity contribution in [3.05, 3.63) is 5.21 Å². The minimum Gasteiger partial charge on any atom is -0.792 e. The van der Waals surface area contributed by atoms with Crippen LogP contribution in [0.2, 0.25) is 0 Å². The van der Waals surface area contributed by atoms with Gasteiger partial charge in [-0.15, -0.1) is 0 Å². The smallest absolute Gasteiger partial charge is 0.300 e. The zero-order valence-electron chi connectivity index (χ0n) is 8.16.